The summed E-state index contributed by atoms with van der Waals surface area (Å²) in [5, 5.41) is 0. The fourth-order valence-electron chi connectivity index (χ4n) is 0.962. The molecule has 1 heterocycles. The number of ether oxygens (including phenoxy) is 2. The van der Waals surface area contributed by atoms with Crippen LogP contribution in [0, 0.1) is 0 Å². The first-order valence-electron chi connectivity index (χ1n) is 4.58. The average Bonchev–Trinajstić information content (AvgIpc) is 2.25. The molecule has 1 rings (SSSR count). The molecule has 0 bridgehead atoms. The molecular weight excluding hydrogens is 202 g/mol. The van der Waals surface area contributed by atoms with E-state index < -0.39 is 0 Å². The largest absolute Gasteiger partial charge is 0.475 e. The minimum atomic E-state index is 0.477. The standard InChI is InChI=1S/C10H14ClNO2/c1-2-13-5-6-14-10-7-9(8-11)3-4-12-10/h3-4,7H,2,5-6,8H2,1H3. The SMILES string of the molecule is CCOCCOc1cc(CCl)ccn1. The molecule has 0 unspecified atom stereocenters. The van der Waals surface area contributed by atoms with Crippen molar-refractivity contribution in [1.29, 1.82) is 0 Å². The Morgan fingerprint density at radius 2 is 2.29 bits per heavy atom. The Balaban J connectivity index is 2.34. The highest BCUT2D eigenvalue weighted by Gasteiger charge is 1.96. The van der Waals surface area contributed by atoms with Gasteiger partial charge in [-0.05, 0) is 18.6 Å². The molecule has 14 heavy (non-hydrogen) atoms. The van der Waals surface area contributed by atoms with Gasteiger partial charge in [-0.1, -0.05) is 0 Å². The van der Waals surface area contributed by atoms with E-state index in [1.807, 2.05) is 19.1 Å². The van der Waals surface area contributed by atoms with E-state index in [2.05, 4.69) is 4.98 Å². The lowest BCUT2D eigenvalue weighted by Gasteiger charge is -2.05. The van der Waals surface area contributed by atoms with Gasteiger partial charge in [0.15, 0.2) is 0 Å². The molecule has 0 radical (unpaired) electrons. The van der Waals surface area contributed by atoms with Crippen molar-refractivity contribution >= 4 is 11.6 Å². The minimum absolute atomic E-state index is 0.477. The minimum Gasteiger partial charge on any atom is -0.475 e. The zero-order chi connectivity index (χ0) is 10.2. The molecule has 0 spiro atoms. The van der Waals surface area contributed by atoms with Gasteiger partial charge in [0.1, 0.15) is 6.61 Å². The van der Waals surface area contributed by atoms with Gasteiger partial charge in [-0.2, -0.15) is 0 Å². The van der Waals surface area contributed by atoms with Crippen molar-refractivity contribution in [3.63, 3.8) is 0 Å². The predicted octanol–water partition coefficient (Wildman–Crippen LogP) is 2.24. The molecule has 0 aliphatic heterocycles. The molecule has 3 nitrogen and oxygen atoms in total. The number of rotatable bonds is 6. The van der Waals surface area contributed by atoms with Crippen LogP contribution in [0.5, 0.6) is 5.88 Å². The maximum atomic E-state index is 5.67. The molecule has 0 saturated carbocycles. The summed E-state index contributed by atoms with van der Waals surface area (Å²) in [5.41, 5.74) is 1.01. The number of halogens is 1. The third kappa shape index (κ3) is 3.94. The van der Waals surface area contributed by atoms with Gasteiger partial charge >= 0.3 is 0 Å². The van der Waals surface area contributed by atoms with Gasteiger partial charge in [0, 0.05) is 24.8 Å². The fraction of sp³-hybridized carbons (Fsp3) is 0.500. The zero-order valence-corrected chi connectivity index (χ0v) is 8.96. The first-order valence-corrected chi connectivity index (χ1v) is 5.11. The van der Waals surface area contributed by atoms with E-state index in [0.29, 0.717) is 31.6 Å². The molecule has 0 aliphatic rings. The summed E-state index contributed by atoms with van der Waals surface area (Å²) in [4.78, 5) is 4.05. The van der Waals surface area contributed by atoms with Gasteiger partial charge in [-0.15, -0.1) is 11.6 Å². The summed E-state index contributed by atoms with van der Waals surface area (Å²) in [6.07, 6.45) is 1.69. The summed E-state index contributed by atoms with van der Waals surface area (Å²) in [7, 11) is 0. The summed E-state index contributed by atoms with van der Waals surface area (Å²) in [6.45, 7) is 3.76. The number of alkyl halides is 1. The Kier molecular flexibility index (Phi) is 5.33. The van der Waals surface area contributed by atoms with Crippen molar-refractivity contribution in [2.45, 2.75) is 12.8 Å². The van der Waals surface area contributed by atoms with Crippen molar-refractivity contribution in [3.05, 3.63) is 23.9 Å². The number of nitrogens with zero attached hydrogens (tertiary/aromatic N) is 1. The van der Waals surface area contributed by atoms with Gasteiger partial charge in [0.25, 0.3) is 0 Å². The second-order valence-corrected chi connectivity index (χ2v) is 2.95. The number of aromatic nitrogens is 1. The second-order valence-electron chi connectivity index (χ2n) is 2.68. The van der Waals surface area contributed by atoms with Crippen molar-refractivity contribution in [1.82, 2.24) is 4.98 Å². The maximum absolute atomic E-state index is 5.67. The van der Waals surface area contributed by atoms with E-state index in [4.69, 9.17) is 21.1 Å². The molecule has 0 fully saturated rings. The van der Waals surface area contributed by atoms with Crippen molar-refractivity contribution in [2.24, 2.45) is 0 Å². The highest BCUT2D eigenvalue weighted by molar-refractivity contribution is 6.17. The molecule has 4 heteroatoms. The monoisotopic (exact) mass is 215 g/mol. The smallest absolute Gasteiger partial charge is 0.213 e. The Hall–Kier alpha value is -0.800. The van der Waals surface area contributed by atoms with Gasteiger partial charge in [0.2, 0.25) is 5.88 Å². The molecule has 0 aliphatic carbocycles. The van der Waals surface area contributed by atoms with Crippen LogP contribution >= 0.6 is 11.6 Å². The summed E-state index contributed by atoms with van der Waals surface area (Å²) in [6, 6.07) is 3.70. The number of hydrogen-bond acceptors (Lipinski definition) is 3. The van der Waals surface area contributed by atoms with Gasteiger partial charge in [-0.25, -0.2) is 4.98 Å². The molecule has 0 aromatic carbocycles. The Morgan fingerprint density at radius 3 is 3.00 bits per heavy atom. The van der Waals surface area contributed by atoms with Crippen LogP contribution in [0.25, 0.3) is 0 Å². The van der Waals surface area contributed by atoms with Crippen LogP contribution < -0.4 is 4.74 Å². The van der Waals surface area contributed by atoms with E-state index in [1.54, 1.807) is 6.20 Å². The lowest BCUT2D eigenvalue weighted by atomic mass is 10.3. The van der Waals surface area contributed by atoms with Crippen molar-refractivity contribution in [2.75, 3.05) is 19.8 Å². The molecule has 1 aromatic heterocycles. The maximum Gasteiger partial charge on any atom is 0.213 e. The van der Waals surface area contributed by atoms with Gasteiger partial charge < -0.3 is 9.47 Å². The first kappa shape index (κ1) is 11.3. The summed E-state index contributed by atoms with van der Waals surface area (Å²) >= 11 is 5.67. The van der Waals surface area contributed by atoms with Crippen LogP contribution in [0.2, 0.25) is 0 Å². The van der Waals surface area contributed by atoms with E-state index >= 15 is 0 Å². The normalized spacial score (nSPS) is 10.1. The lowest BCUT2D eigenvalue weighted by Crippen LogP contribution is -2.07. The van der Waals surface area contributed by atoms with Crippen molar-refractivity contribution in [3.8, 4) is 5.88 Å². The van der Waals surface area contributed by atoms with Crippen molar-refractivity contribution < 1.29 is 9.47 Å². The zero-order valence-electron chi connectivity index (χ0n) is 8.20. The molecule has 0 N–H and O–H groups in total. The fourth-order valence-corrected chi connectivity index (χ4v) is 1.13. The van der Waals surface area contributed by atoms with Crippen LogP contribution in [-0.4, -0.2) is 24.8 Å². The molecule has 78 valence electrons. The molecule has 0 saturated heterocycles. The molecular formula is C10H14ClNO2. The molecule has 1 aromatic rings. The van der Waals surface area contributed by atoms with Gasteiger partial charge in [-0.3, -0.25) is 0 Å². The molecule has 0 atom stereocenters. The van der Waals surface area contributed by atoms with Crippen LogP contribution in [0.4, 0.5) is 0 Å². The highest BCUT2D eigenvalue weighted by Crippen LogP contribution is 2.10. The quantitative estimate of drug-likeness (QED) is 0.539. The third-order valence-corrected chi connectivity index (χ3v) is 1.94. The van der Waals surface area contributed by atoms with E-state index in [9.17, 15) is 0 Å². The number of pyridine rings is 1. The molecule has 0 amide bonds. The van der Waals surface area contributed by atoms with Crippen LogP contribution in [0.1, 0.15) is 12.5 Å². The average molecular weight is 216 g/mol. The Morgan fingerprint density at radius 1 is 1.43 bits per heavy atom. The first-order chi connectivity index (χ1) is 6.86. The summed E-state index contributed by atoms with van der Waals surface area (Å²) < 4.78 is 10.5. The topological polar surface area (TPSA) is 31.4 Å². The van der Waals surface area contributed by atoms with E-state index in [0.717, 1.165) is 5.56 Å². The second kappa shape index (κ2) is 6.62. The Bertz CT molecular complexity index is 268. The van der Waals surface area contributed by atoms with Crippen LogP contribution in [0.15, 0.2) is 18.3 Å². The van der Waals surface area contributed by atoms with Crippen LogP contribution in [0.3, 0.4) is 0 Å². The summed E-state index contributed by atoms with van der Waals surface area (Å²) in [5.74, 6) is 1.08. The Labute approximate surface area is 89.0 Å². The van der Waals surface area contributed by atoms with E-state index in [-0.39, 0.29) is 0 Å². The van der Waals surface area contributed by atoms with Gasteiger partial charge in [0.05, 0.1) is 6.61 Å². The van der Waals surface area contributed by atoms with E-state index in [1.165, 1.54) is 0 Å². The highest BCUT2D eigenvalue weighted by atomic mass is 35.5. The predicted molar refractivity (Wildman–Crippen MR) is 55.8 cm³/mol. The lowest BCUT2D eigenvalue weighted by molar-refractivity contribution is 0.108. The third-order valence-electron chi connectivity index (χ3n) is 1.64. The van der Waals surface area contributed by atoms with Crippen LogP contribution in [-0.2, 0) is 10.6 Å². The number of hydrogen-bond donors (Lipinski definition) is 0.